The predicted octanol–water partition coefficient (Wildman–Crippen LogP) is 1.26. The number of carbonyl (C=O) groups is 1. The van der Waals surface area contributed by atoms with E-state index in [4.69, 9.17) is 0 Å². The van der Waals surface area contributed by atoms with Crippen LogP contribution < -0.4 is 5.32 Å². The van der Waals surface area contributed by atoms with Crippen LogP contribution in [-0.2, 0) is 4.79 Å². The number of hydrogen-bond acceptors (Lipinski definition) is 3. The fraction of sp³-hybridized carbons (Fsp3) is 0.600. The van der Waals surface area contributed by atoms with Gasteiger partial charge in [0.25, 0.3) is 0 Å². The van der Waals surface area contributed by atoms with Crippen molar-refractivity contribution in [3.63, 3.8) is 0 Å². The molecule has 1 heterocycles. The Kier molecular flexibility index (Phi) is 2.43. The molecule has 0 spiro atoms. The Morgan fingerprint density at radius 2 is 2.15 bits per heavy atom. The molecule has 1 aliphatic carbocycles. The fourth-order valence-electron chi connectivity index (χ4n) is 1.96. The third kappa shape index (κ3) is 1.97. The lowest BCUT2D eigenvalue weighted by molar-refractivity contribution is -0.121. The molecule has 1 N–H and O–H groups in total. The average molecular weight is 178 g/mol. The number of Topliss-reactive ketones (excluding diaryl/α,β-unsaturated/α-hetero) is 1. The molecular formula is C10H14N2O. The lowest BCUT2D eigenvalue weighted by Gasteiger charge is -2.28. The first kappa shape index (κ1) is 8.48. The highest BCUT2D eigenvalue weighted by molar-refractivity contribution is 5.79. The predicted molar refractivity (Wildman–Crippen MR) is 51.5 cm³/mol. The molecule has 1 fully saturated rings. The third-order valence-electron chi connectivity index (χ3n) is 2.79. The van der Waals surface area contributed by atoms with Crippen LogP contribution in [0.4, 0.5) is 0 Å². The SMILES string of the molecule is O=C1CCC(C2C=NC=CN2)CC1. The second-order valence-electron chi connectivity index (χ2n) is 3.68. The van der Waals surface area contributed by atoms with Crippen LogP contribution in [0.15, 0.2) is 17.4 Å². The van der Waals surface area contributed by atoms with Gasteiger partial charge in [0, 0.05) is 31.5 Å². The van der Waals surface area contributed by atoms with Gasteiger partial charge in [-0.15, -0.1) is 0 Å². The summed E-state index contributed by atoms with van der Waals surface area (Å²) in [4.78, 5) is 15.1. The van der Waals surface area contributed by atoms with Crippen molar-refractivity contribution in [1.29, 1.82) is 0 Å². The van der Waals surface area contributed by atoms with E-state index in [1.807, 2.05) is 12.4 Å². The maximum Gasteiger partial charge on any atom is 0.132 e. The topological polar surface area (TPSA) is 41.5 Å². The molecule has 3 heteroatoms. The van der Waals surface area contributed by atoms with Gasteiger partial charge in [0.05, 0.1) is 6.04 Å². The van der Waals surface area contributed by atoms with Gasteiger partial charge in [-0.1, -0.05) is 0 Å². The van der Waals surface area contributed by atoms with Gasteiger partial charge in [0.2, 0.25) is 0 Å². The zero-order valence-corrected chi connectivity index (χ0v) is 7.57. The Labute approximate surface area is 77.9 Å². The Bertz CT molecular complexity index is 248. The number of nitrogens with one attached hydrogen (secondary N) is 1. The first-order valence-electron chi connectivity index (χ1n) is 4.82. The number of rotatable bonds is 1. The van der Waals surface area contributed by atoms with Gasteiger partial charge in [-0.25, -0.2) is 0 Å². The van der Waals surface area contributed by atoms with E-state index in [2.05, 4.69) is 10.3 Å². The second-order valence-corrected chi connectivity index (χ2v) is 3.68. The molecule has 0 bridgehead atoms. The summed E-state index contributed by atoms with van der Waals surface area (Å²) >= 11 is 0. The van der Waals surface area contributed by atoms with E-state index in [0.29, 0.717) is 17.7 Å². The average Bonchev–Trinajstić information content (AvgIpc) is 2.20. The fourth-order valence-corrected chi connectivity index (χ4v) is 1.96. The smallest absolute Gasteiger partial charge is 0.132 e. The quantitative estimate of drug-likeness (QED) is 0.656. The largest absolute Gasteiger partial charge is 0.382 e. The molecule has 13 heavy (non-hydrogen) atoms. The van der Waals surface area contributed by atoms with E-state index in [0.717, 1.165) is 25.7 Å². The standard InChI is InChI=1S/C10H14N2O/c13-9-3-1-8(2-4-9)10-7-11-5-6-12-10/h5-8,10,12H,1-4H2. The molecule has 0 aromatic carbocycles. The Hall–Kier alpha value is -1.12. The lowest BCUT2D eigenvalue weighted by atomic mass is 9.83. The van der Waals surface area contributed by atoms with Gasteiger partial charge >= 0.3 is 0 Å². The minimum Gasteiger partial charge on any atom is -0.382 e. The molecule has 2 rings (SSSR count). The van der Waals surface area contributed by atoms with Crippen LogP contribution >= 0.6 is 0 Å². The summed E-state index contributed by atoms with van der Waals surface area (Å²) < 4.78 is 0. The van der Waals surface area contributed by atoms with Gasteiger partial charge in [-0.3, -0.25) is 9.79 Å². The number of nitrogens with zero attached hydrogens (tertiary/aromatic N) is 1. The maximum absolute atomic E-state index is 11.0. The number of hydrogen-bond donors (Lipinski definition) is 1. The van der Waals surface area contributed by atoms with Gasteiger partial charge < -0.3 is 5.32 Å². The van der Waals surface area contributed by atoms with E-state index < -0.39 is 0 Å². The lowest BCUT2D eigenvalue weighted by Crippen LogP contribution is -2.37. The summed E-state index contributed by atoms with van der Waals surface area (Å²) in [5.74, 6) is 1.01. The summed E-state index contributed by atoms with van der Waals surface area (Å²) in [7, 11) is 0. The Balaban J connectivity index is 1.91. The zero-order valence-electron chi connectivity index (χ0n) is 7.57. The van der Waals surface area contributed by atoms with Crippen molar-refractivity contribution in [2.75, 3.05) is 0 Å². The summed E-state index contributed by atoms with van der Waals surface area (Å²) in [6, 6.07) is 0.345. The van der Waals surface area contributed by atoms with Crippen LogP contribution in [0.1, 0.15) is 25.7 Å². The van der Waals surface area contributed by atoms with Crippen LogP contribution in [0.25, 0.3) is 0 Å². The summed E-state index contributed by atoms with van der Waals surface area (Å²) in [5, 5.41) is 3.26. The van der Waals surface area contributed by atoms with Crippen molar-refractivity contribution in [1.82, 2.24) is 5.32 Å². The first-order valence-corrected chi connectivity index (χ1v) is 4.82. The monoisotopic (exact) mass is 178 g/mol. The minimum absolute atomic E-state index is 0.345. The van der Waals surface area contributed by atoms with Gasteiger partial charge in [-0.2, -0.15) is 0 Å². The minimum atomic E-state index is 0.345. The Morgan fingerprint density at radius 1 is 1.38 bits per heavy atom. The number of carbonyl (C=O) groups excluding carboxylic acids is 1. The Morgan fingerprint density at radius 3 is 2.77 bits per heavy atom. The molecule has 0 radical (unpaired) electrons. The summed E-state index contributed by atoms with van der Waals surface area (Å²) in [6.45, 7) is 0. The second kappa shape index (κ2) is 3.73. The highest BCUT2D eigenvalue weighted by atomic mass is 16.1. The number of aliphatic imine (C=N–C) groups is 1. The molecule has 0 aromatic rings. The molecule has 1 saturated carbocycles. The zero-order chi connectivity index (χ0) is 9.10. The third-order valence-corrected chi connectivity index (χ3v) is 2.79. The summed E-state index contributed by atoms with van der Waals surface area (Å²) in [6.07, 6.45) is 9.10. The van der Waals surface area contributed by atoms with Crippen LogP contribution in [0.5, 0.6) is 0 Å². The molecule has 1 unspecified atom stereocenters. The normalized spacial score (nSPS) is 28.9. The maximum atomic E-state index is 11.0. The van der Waals surface area contributed by atoms with Crippen molar-refractivity contribution in [3.05, 3.63) is 12.4 Å². The van der Waals surface area contributed by atoms with Crippen molar-refractivity contribution >= 4 is 12.0 Å². The number of ketones is 1. The van der Waals surface area contributed by atoms with Crippen LogP contribution in [0, 0.1) is 5.92 Å². The van der Waals surface area contributed by atoms with Crippen LogP contribution in [0.3, 0.4) is 0 Å². The van der Waals surface area contributed by atoms with E-state index in [1.165, 1.54) is 0 Å². The van der Waals surface area contributed by atoms with E-state index in [1.54, 1.807) is 6.20 Å². The highest BCUT2D eigenvalue weighted by Gasteiger charge is 2.25. The van der Waals surface area contributed by atoms with Crippen molar-refractivity contribution < 1.29 is 4.79 Å². The van der Waals surface area contributed by atoms with E-state index >= 15 is 0 Å². The van der Waals surface area contributed by atoms with Gasteiger partial charge in [-0.05, 0) is 18.8 Å². The molecule has 0 aromatic heterocycles. The van der Waals surface area contributed by atoms with Crippen molar-refractivity contribution in [2.24, 2.45) is 10.9 Å². The van der Waals surface area contributed by atoms with Crippen molar-refractivity contribution in [2.45, 2.75) is 31.7 Å². The molecule has 0 saturated heterocycles. The molecule has 0 amide bonds. The molecular weight excluding hydrogens is 164 g/mol. The highest BCUT2D eigenvalue weighted by Crippen LogP contribution is 2.24. The molecule has 3 nitrogen and oxygen atoms in total. The van der Waals surface area contributed by atoms with Crippen molar-refractivity contribution in [3.8, 4) is 0 Å². The molecule has 1 aliphatic heterocycles. The summed E-state index contributed by atoms with van der Waals surface area (Å²) in [5.41, 5.74) is 0. The van der Waals surface area contributed by atoms with Crippen LogP contribution in [0.2, 0.25) is 0 Å². The van der Waals surface area contributed by atoms with E-state index in [9.17, 15) is 4.79 Å². The van der Waals surface area contributed by atoms with Gasteiger partial charge in [0.15, 0.2) is 0 Å². The molecule has 2 aliphatic rings. The van der Waals surface area contributed by atoms with E-state index in [-0.39, 0.29) is 0 Å². The van der Waals surface area contributed by atoms with Crippen LogP contribution in [-0.4, -0.2) is 18.0 Å². The molecule has 70 valence electrons. The molecule has 1 atom stereocenters. The van der Waals surface area contributed by atoms with Gasteiger partial charge in [0.1, 0.15) is 5.78 Å². The first-order chi connectivity index (χ1) is 6.36.